The van der Waals surface area contributed by atoms with Crippen LogP contribution in [-0.4, -0.2) is 38.3 Å². The molecule has 1 aliphatic heterocycles. The molecule has 31 heavy (non-hydrogen) atoms. The van der Waals surface area contributed by atoms with E-state index in [9.17, 15) is 4.79 Å². The molecule has 0 atom stereocenters. The fourth-order valence-corrected chi connectivity index (χ4v) is 4.14. The van der Waals surface area contributed by atoms with E-state index >= 15 is 0 Å². The molecule has 0 radical (unpaired) electrons. The van der Waals surface area contributed by atoms with E-state index in [1.54, 1.807) is 12.4 Å². The molecule has 0 spiro atoms. The molecule has 1 N–H and O–H groups in total. The van der Waals surface area contributed by atoms with Gasteiger partial charge in [-0.15, -0.1) is 0 Å². The number of anilines is 1. The van der Waals surface area contributed by atoms with E-state index in [4.69, 9.17) is 4.98 Å². The summed E-state index contributed by atoms with van der Waals surface area (Å²) >= 11 is 0. The molecule has 6 nitrogen and oxygen atoms in total. The van der Waals surface area contributed by atoms with Crippen molar-refractivity contribution in [2.45, 2.75) is 26.3 Å². The average molecular weight is 412 g/mol. The van der Waals surface area contributed by atoms with E-state index in [1.807, 2.05) is 21.6 Å². The van der Waals surface area contributed by atoms with Crippen molar-refractivity contribution < 1.29 is 4.79 Å². The molecule has 0 bridgehead atoms. The third-order valence-electron chi connectivity index (χ3n) is 5.87. The second-order valence-electron chi connectivity index (χ2n) is 7.99. The summed E-state index contributed by atoms with van der Waals surface area (Å²) < 4.78 is 1.99. The van der Waals surface area contributed by atoms with Crippen LogP contribution in [0.1, 0.15) is 23.1 Å². The van der Waals surface area contributed by atoms with Crippen molar-refractivity contribution in [1.82, 2.24) is 19.3 Å². The van der Waals surface area contributed by atoms with Gasteiger partial charge in [0.25, 0.3) is 0 Å². The van der Waals surface area contributed by atoms with Crippen LogP contribution >= 0.6 is 0 Å². The minimum atomic E-state index is 0.175. The minimum Gasteiger partial charge on any atom is -0.369 e. The molecule has 0 aliphatic carbocycles. The average Bonchev–Trinajstić information content (AvgIpc) is 3.18. The Bertz CT molecular complexity index is 1230. The zero-order valence-corrected chi connectivity index (χ0v) is 17.6. The summed E-state index contributed by atoms with van der Waals surface area (Å²) in [5.74, 6) is 1.06. The Kier molecular flexibility index (Phi) is 5.12. The molecule has 6 heteroatoms. The second-order valence-corrected chi connectivity index (χ2v) is 7.99. The number of hydrogen-bond acceptors (Lipinski definition) is 4. The van der Waals surface area contributed by atoms with Crippen molar-refractivity contribution in [3.63, 3.8) is 0 Å². The van der Waals surface area contributed by atoms with Gasteiger partial charge in [0.2, 0.25) is 5.91 Å². The Morgan fingerprint density at radius 2 is 1.90 bits per heavy atom. The minimum absolute atomic E-state index is 0.175. The van der Waals surface area contributed by atoms with E-state index in [2.05, 4.69) is 59.7 Å². The molecule has 0 saturated carbocycles. The fraction of sp³-hybridized carbons (Fsp3) is 0.240. The zero-order chi connectivity index (χ0) is 21.2. The van der Waals surface area contributed by atoms with Gasteiger partial charge >= 0.3 is 0 Å². The van der Waals surface area contributed by atoms with E-state index in [0.29, 0.717) is 19.5 Å². The maximum Gasteiger partial charge on any atom is 0.224 e. The lowest BCUT2D eigenvalue weighted by Crippen LogP contribution is -2.36. The lowest BCUT2D eigenvalue weighted by atomic mass is 10.00. The first-order valence-electron chi connectivity index (χ1n) is 10.7. The molecule has 1 amide bonds. The number of carbonyl (C=O) groups is 1. The highest BCUT2D eigenvalue weighted by Crippen LogP contribution is 2.29. The number of amides is 1. The molecular formula is C25H25N5O. The van der Waals surface area contributed by atoms with Crippen LogP contribution in [0.2, 0.25) is 0 Å². The van der Waals surface area contributed by atoms with Crippen LogP contribution in [0.5, 0.6) is 0 Å². The summed E-state index contributed by atoms with van der Waals surface area (Å²) in [6.45, 7) is 4.10. The van der Waals surface area contributed by atoms with Gasteiger partial charge < -0.3 is 10.2 Å². The molecule has 0 saturated heterocycles. The number of nitrogens with one attached hydrogen (secondary N) is 1. The van der Waals surface area contributed by atoms with Crippen molar-refractivity contribution >= 4 is 17.4 Å². The van der Waals surface area contributed by atoms with Gasteiger partial charge in [0.1, 0.15) is 11.5 Å². The number of fused-ring (bicyclic) bond motifs is 2. The van der Waals surface area contributed by atoms with Gasteiger partial charge in [-0.05, 0) is 24.5 Å². The second kappa shape index (κ2) is 8.22. The van der Waals surface area contributed by atoms with E-state index < -0.39 is 0 Å². The highest BCUT2D eigenvalue weighted by molar-refractivity contribution is 5.79. The molecule has 1 aliphatic rings. The highest BCUT2D eigenvalue weighted by Gasteiger charge is 2.20. The first kappa shape index (κ1) is 19.3. The van der Waals surface area contributed by atoms with Crippen LogP contribution in [0, 0.1) is 6.92 Å². The van der Waals surface area contributed by atoms with Gasteiger partial charge in [-0.1, -0.05) is 54.1 Å². The molecule has 2 aromatic heterocycles. The third-order valence-corrected chi connectivity index (χ3v) is 5.87. The SMILES string of the molecule is Cc1ccc(-c2nc3cnccn3c2NCCC(=O)N2CCc3ccccc3C2)cc1. The van der Waals surface area contributed by atoms with Crippen LogP contribution < -0.4 is 5.32 Å². The van der Waals surface area contributed by atoms with Crippen molar-refractivity contribution in [3.05, 3.63) is 83.8 Å². The van der Waals surface area contributed by atoms with E-state index in [-0.39, 0.29) is 5.91 Å². The summed E-state index contributed by atoms with van der Waals surface area (Å²) in [4.78, 5) is 23.8. The van der Waals surface area contributed by atoms with Gasteiger partial charge in [0.05, 0.1) is 6.20 Å². The maximum absolute atomic E-state index is 12.8. The van der Waals surface area contributed by atoms with Gasteiger partial charge in [0, 0.05) is 44.0 Å². The Balaban J connectivity index is 1.31. The summed E-state index contributed by atoms with van der Waals surface area (Å²) in [5, 5.41) is 3.46. The fourth-order valence-electron chi connectivity index (χ4n) is 4.14. The van der Waals surface area contributed by atoms with Gasteiger partial charge in [-0.2, -0.15) is 0 Å². The molecule has 3 heterocycles. The molecule has 5 rings (SSSR count). The molecule has 2 aromatic carbocycles. The van der Waals surface area contributed by atoms with Gasteiger partial charge in [-0.25, -0.2) is 4.98 Å². The maximum atomic E-state index is 12.8. The molecule has 4 aromatic rings. The van der Waals surface area contributed by atoms with Crippen LogP contribution in [0.3, 0.4) is 0 Å². The van der Waals surface area contributed by atoms with Crippen LogP contribution in [0.25, 0.3) is 16.9 Å². The lowest BCUT2D eigenvalue weighted by molar-refractivity contribution is -0.131. The van der Waals surface area contributed by atoms with Crippen LogP contribution in [0.4, 0.5) is 5.82 Å². The van der Waals surface area contributed by atoms with Crippen molar-refractivity contribution in [2.24, 2.45) is 0 Å². The number of carbonyl (C=O) groups excluding carboxylic acids is 1. The van der Waals surface area contributed by atoms with Crippen LogP contribution in [-0.2, 0) is 17.8 Å². The first-order valence-corrected chi connectivity index (χ1v) is 10.7. The van der Waals surface area contributed by atoms with Gasteiger partial charge in [-0.3, -0.25) is 14.2 Å². The summed E-state index contributed by atoms with van der Waals surface area (Å²) in [6.07, 6.45) is 6.75. The quantitative estimate of drug-likeness (QED) is 0.537. The van der Waals surface area contributed by atoms with Crippen molar-refractivity contribution in [3.8, 4) is 11.3 Å². The van der Waals surface area contributed by atoms with E-state index in [0.717, 1.165) is 35.7 Å². The standard InChI is InChI=1S/C25H25N5O/c1-18-6-8-20(9-7-18)24-25(30-15-13-26-16-22(30)28-24)27-12-10-23(31)29-14-11-19-4-2-3-5-21(19)17-29/h2-9,13,15-16,27H,10-12,14,17H2,1H3. The molecule has 156 valence electrons. The predicted molar refractivity (Wildman–Crippen MR) is 122 cm³/mol. The molecular weight excluding hydrogens is 386 g/mol. The number of aromatic nitrogens is 3. The van der Waals surface area contributed by atoms with Gasteiger partial charge in [0.15, 0.2) is 5.65 Å². The first-order chi connectivity index (χ1) is 15.2. The van der Waals surface area contributed by atoms with Crippen molar-refractivity contribution in [1.29, 1.82) is 0 Å². The zero-order valence-electron chi connectivity index (χ0n) is 17.6. The third kappa shape index (κ3) is 3.89. The summed E-state index contributed by atoms with van der Waals surface area (Å²) in [6, 6.07) is 16.7. The summed E-state index contributed by atoms with van der Waals surface area (Å²) in [5.41, 5.74) is 6.50. The monoisotopic (exact) mass is 411 g/mol. The Morgan fingerprint density at radius 3 is 2.74 bits per heavy atom. The summed E-state index contributed by atoms with van der Waals surface area (Å²) in [7, 11) is 0. The number of benzene rings is 2. The predicted octanol–water partition coefficient (Wildman–Crippen LogP) is 4.09. The molecule has 0 fully saturated rings. The smallest absolute Gasteiger partial charge is 0.224 e. The van der Waals surface area contributed by atoms with E-state index in [1.165, 1.54) is 16.7 Å². The lowest BCUT2D eigenvalue weighted by Gasteiger charge is -2.29. The normalized spacial score (nSPS) is 13.3. The largest absolute Gasteiger partial charge is 0.369 e. The number of nitrogens with zero attached hydrogens (tertiary/aromatic N) is 4. The number of imidazole rings is 1. The Hall–Kier alpha value is -3.67. The highest BCUT2D eigenvalue weighted by atomic mass is 16.2. The molecule has 0 unspecified atom stereocenters. The number of hydrogen-bond donors (Lipinski definition) is 1. The van der Waals surface area contributed by atoms with Crippen LogP contribution in [0.15, 0.2) is 67.1 Å². The number of aryl methyl sites for hydroxylation is 1. The Morgan fingerprint density at radius 1 is 1.10 bits per heavy atom. The van der Waals surface area contributed by atoms with Crippen molar-refractivity contribution in [2.75, 3.05) is 18.4 Å². The number of rotatable bonds is 5. The Labute approximate surface area is 181 Å². The topological polar surface area (TPSA) is 62.5 Å².